The highest BCUT2D eigenvalue weighted by Crippen LogP contribution is 2.29. The fourth-order valence-electron chi connectivity index (χ4n) is 3.64. The first-order chi connectivity index (χ1) is 15.1. The van der Waals surface area contributed by atoms with Gasteiger partial charge in [-0.2, -0.15) is 0 Å². The van der Waals surface area contributed by atoms with Crippen molar-refractivity contribution in [1.82, 2.24) is 0 Å². The molecule has 156 valence electrons. The Bertz CT molecular complexity index is 1140. The van der Waals surface area contributed by atoms with Gasteiger partial charge in [-0.25, -0.2) is 0 Å². The molecule has 0 saturated heterocycles. The van der Waals surface area contributed by atoms with Gasteiger partial charge in [0.25, 0.3) is 5.91 Å². The summed E-state index contributed by atoms with van der Waals surface area (Å²) >= 11 is 0. The number of fused-ring (bicyclic) bond motifs is 1. The summed E-state index contributed by atoms with van der Waals surface area (Å²) in [4.78, 5) is 32.3. The molecule has 0 fully saturated rings. The van der Waals surface area contributed by atoms with E-state index in [-0.39, 0.29) is 18.4 Å². The van der Waals surface area contributed by atoms with Gasteiger partial charge in [-0.05, 0) is 25.1 Å². The lowest BCUT2D eigenvalue weighted by Crippen LogP contribution is -2.42. The third-order valence-electron chi connectivity index (χ3n) is 5.13. The maximum Gasteiger partial charge on any atom is 0.252 e. The molecule has 0 spiro atoms. The molecule has 1 aliphatic rings. The van der Waals surface area contributed by atoms with Crippen molar-refractivity contribution >= 4 is 28.9 Å². The van der Waals surface area contributed by atoms with Crippen LogP contribution in [0.25, 0.3) is 0 Å². The van der Waals surface area contributed by atoms with Crippen LogP contribution in [-0.2, 0) is 9.59 Å². The van der Waals surface area contributed by atoms with Crippen LogP contribution in [0.4, 0.5) is 11.4 Å². The number of benzene rings is 3. The molecule has 0 bridgehead atoms. The van der Waals surface area contributed by atoms with Crippen molar-refractivity contribution in [3.63, 3.8) is 0 Å². The molecular weight excluding hydrogens is 390 g/mol. The average Bonchev–Trinajstić information content (AvgIpc) is 2.90. The van der Waals surface area contributed by atoms with Crippen molar-refractivity contribution < 1.29 is 14.3 Å². The Balaban J connectivity index is 1.68. The molecule has 0 aromatic heterocycles. The van der Waals surface area contributed by atoms with Crippen LogP contribution in [0.2, 0.25) is 0 Å². The van der Waals surface area contributed by atoms with E-state index in [1.54, 1.807) is 26.2 Å². The summed E-state index contributed by atoms with van der Waals surface area (Å²) < 4.78 is 5.30. The predicted octanol–water partition coefficient (Wildman–Crippen LogP) is 3.91. The monoisotopic (exact) mass is 413 g/mol. The number of hydrogen-bond acceptors (Lipinski definition) is 4. The van der Waals surface area contributed by atoms with Gasteiger partial charge in [0.2, 0.25) is 5.91 Å². The molecule has 6 heteroatoms. The van der Waals surface area contributed by atoms with Crippen molar-refractivity contribution in [3.8, 4) is 5.75 Å². The second-order valence-corrected chi connectivity index (χ2v) is 7.21. The molecule has 1 aliphatic heterocycles. The Labute approximate surface area is 181 Å². The Kier molecular flexibility index (Phi) is 5.80. The molecule has 2 amide bonds. The summed E-state index contributed by atoms with van der Waals surface area (Å²) in [5.74, 6) is 0.0121. The third kappa shape index (κ3) is 4.19. The van der Waals surface area contributed by atoms with Crippen molar-refractivity contribution in [2.45, 2.75) is 13.0 Å². The Hall–Kier alpha value is -3.93. The Morgan fingerprint density at radius 1 is 1.00 bits per heavy atom. The highest BCUT2D eigenvalue weighted by Gasteiger charge is 2.30. The number of benzodiazepines with no additional fused rings is 1. The van der Waals surface area contributed by atoms with E-state index in [9.17, 15) is 9.59 Å². The van der Waals surface area contributed by atoms with Gasteiger partial charge in [0.05, 0.1) is 24.2 Å². The molecule has 0 radical (unpaired) electrons. The van der Waals surface area contributed by atoms with Gasteiger partial charge in [-0.15, -0.1) is 0 Å². The maximum atomic E-state index is 13.2. The van der Waals surface area contributed by atoms with E-state index >= 15 is 0 Å². The number of aliphatic imine (C=N–C) groups is 1. The van der Waals surface area contributed by atoms with Crippen molar-refractivity contribution in [2.24, 2.45) is 4.99 Å². The minimum atomic E-state index is -0.623. The molecule has 3 aromatic carbocycles. The number of anilines is 2. The molecule has 1 N–H and O–H groups in total. The molecular formula is C25H23N3O3. The standard InChI is InChI=1S/C25H23N3O3/c1-17-25(30)28(16-23(29)27-20-13-7-9-15-22(20)31-2)21-14-8-6-12-19(21)24(26-17)18-10-4-3-5-11-18/h3-15,17H,16H2,1-2H3,(H,27,29). The van der Waals surface area contributed by atoms with Crippen LogP contribution in [0.5, 0.6) is 5.75 Å². The summed E-state index contributed by atoms with van der Waals surface area (Å²) in [6, 6.07) is 23.8. The van der Waals surface area contributed by atoms with Gasteiger partial charge in [0.1, 0.15) is 18.3 Å². The summed E-state index contributed by atoms with van der Waals surface area (Å²) in [5, 5.41) is 2.84. The van der Waals surface area contributed by atoms with Crippen molar-refractivity contribution in [2.75, 3.05) is 23.9 Å². The van der Waals surface area contributed by atoms with E-state index < -0.39 is 6.04 Å². The SMILES string of the molecule is COc1ccccc1NC(=O)CN1C(=O)C(C)N=C(c2ccccc2)c2ccccc21. The summed E-state index contributed by atoms with van der Waals surface area (Å²) in [5.41, 5.74) is 3.70. The number of methoxy groups -OCH3 is 1. The fraction of sp³-hybridized carbons (Fsp3) is 0.160. The van der Waals surface area contributed by atoms with Crippen LogP contribution in [0, 0.1) is 0 Å². The predicted molar refractivity (Wildman–Crippen MR) is 122 cm³/mol. The fourth-order valence-corrected chi connectivity index (χ4v) is 3.64. The zero-order chi connectivity index (χ0) is 21.8. The van der Waals surface area contributed by atoms with Gasteiger partial charge >= 0.3 is 0 Å². The quantitative estimate of drug-likeness (QED) is 0.690. The molecule has 6 nitrogen and oxygen atoms in total. The number of amides is 2. The van der Waals surface area contributed by atoms with E-state index in [2.05, 4.69) is 5.32 Å². The molecule has 1 heterocycles. The van der Waals surface area contributed by atoms with Crippen molar-refractivity contribution in [1.29, 1.82) is 0 Å². The van der Waals surface area contributed by atoms with Gasteiger partial charge in [0.15, 0.2) is 0 Å². The first kappa shape index (κ1) is 20.3. The number of ether oxygens (including phenoxy) is 1. The number of rotatable bonds is 5. The smallest absolute Gasteiger partial charge is 0.252 e. The molecule has 4 rings (SSSR count). The minimum absolute atomic E-state index is 0.129. The second-order valence-electron chi connectivity index (χ2n) is 7.21. The lowest BCUT2D eigenvalue weighted by Gasteiger charge is -2.24. The molecule has 1 atom stereocenters. The van der Waals surface area contributed by atoms with E-state index in [1.165, 1.54) is 4.90 Å². The Morgan fingerprint density at radius 3 is 2.45 bits per heavy atom. The lowest BCUT2D eigenvalue weighted by molar-refractivity contribution is -0.122. The highest BCUT2D eigenvalue weighted by molar-refractivity contribution is 6.20. The van der Waals surface area contributed by atoms with Gasteiger partial charge in [-0.3, -0.25) is 14.6 Å². The van der Waals surface area contributed by atoms with Crippen LogP contribution >= 0.6 is 0 Å². The van der Waals surface area contributed by atoms with E-state index in [1.807, 2.05) is 66.7 Å². The first-order valence-electron chi connectivity index (χ1n) is 10.1. The minimum Gasteiger partial charge on any atom is -0.495 e. The largest absolute Gasteiger partial charge is 0.495 e. The summed E-state index contributed by atoms with van der Waals surface area (Å²) in [6.07, 6.45) is 0. The lowest BCUT2D eigenvalue weighted by atomic mass is 10.0. The molecule has 31 heavy (non-hydrogen) atoms. The van der Waals surface area contributed by atoms with E-state index in [4.69, 9.17) is 9.73 Å². The summed E-state index contributed by atoms with van der Waals surface area (Å²) in [6.45, 7) is 1.62. The second kappa shape index (κ2) is 8.83. The molecule has 3 aromatic rings. The zero-order valence-corrected chi connectivity index (χ0v) is 17.4. The first-order valence-corrected chi connectivity index (χ1v) is 10.1. The summed E-state index contributed by atoms with van der Waals surface area (Å²) in [7, 11) is 1.55. The normalized spacial score (nSPS) is 15.5. The number of carbonyl (C=O) groups excluding carboxylic acids is 2. The van der Waals surface area contributed by atoms with Crippen molar-refractivity contribution in [3.05, 3.63) is 90.0 Å². The van der Waals surface area contributed by atoms with E-state index in [0.717, 1.165) is 16.8 Å². The number of hydrogen-bond donors (Lipinski definition) is 1. The highest BCUT2D eigenvalue weighted by atomic mass is 16.5. The number of nitrogens with zero attached hydrogens (tertiary/aromatic N) is 2. The van der Waals surface area contributed by atoms with Gasteiger partial charge in [0, 0.05) is 11.1 Å². The number of nitrogens with one attached hydrogen (secondary N) is 1. The third-order valence-corrected chi connectivity index (χ3v) is 5.13. The molecule has 0 saturated carbocycles. The van der Waals surface area contributed by atoms with E-state index in [0.29, 0.717) is 17.1 Å². The van der Waals surface area contributed by atoms with Gasteiger partial charge < -0.3 is 15.0 Å². The maximum absolute atomic E-state index is 13.2. The van der Waals surface area contributed by atoms with Crippen LogP contribution in [0.15, 0.2) is 83.9 Å². The molecule has 1 unspecified atom stereocenters. The van der Waals surface area contributed by atoms with Crippen LogP contribution in [0.3, 0.4) is 0 Å². The Morgan fingerprint density at radius 2 is 1.68 bits per heavy atom. The zero-order valence-electron chi connectivity index (χ0n) is 17.4. The average molecular weight is 413 g/mol. The van der Waals surface area contributed by atoms with Crippen LogP contribution in [-0.4, -0.2) is 37.2 Å². The number of carbonyl (C=O) groups is 2. The van der Waals surface area contributed by atoms with Crippen LogP contribution < -0.4 is 15.0 Å². The topological polar surface area (TPSA) is 71.0 Å². The molecule has 0 aliphatic carbocycles. The number of para-hydroxylation sites is 3. The van der Waals surface area contributed by atoms with Crippen LogP contribution in [0.1, 0.15) is 18.1 Å². The van der Waals surface area contributed by atoms with Gasteiger partial charge in [-0.1, -0.05) is 60.7 Å².